The van der Waals surface area contributed by atoms with E-state index < -0.39 is 0 Å². The molecule has 20 heavy (non-hydrogen) atoms. The first kappa shape index (κ1) is 12.4. The van der Waals surface area contributed by atoms with Gasteiger partial charge in [-0.05, 0) is 29.3 Å². The van der Waals surface area contributed by atoms with Gasteiger partial charge in [-0.2, -0.15) is 0 Å². The lowest BCUT2D eigenvalue weighted by molar-refractivity contribution is -0.114. The van der Waals surface area contributed by atoms with Crippen LogP contribution < -0.4 is 5.32 Å². The first-order chi connectivity index (χ1) is 9.75. The average Bonchev–Trinajstić information content (AvgIpc) is 2.47. The summed E-state index contributed by atoms with van der Waals surface area (Å²) in [5.41, 5.74) is 3.84. The Morgan fingerprint density at radius 3 is 2.55 bits per heavy atom. The Kier molecular flexibility index (Phi) is 3.17. The fourth-order valence-electron chi connectivity index (χ4n) is 2.36. The van der Waals surface area contributed by atoms with Gasteiger partial charge in [0.05, 0.1) is 11.2 Å². The lowest BCUT2D eigenvalue weighted by Crippen LogP contribution is -2.06. The summed E-state index contributed by atoms with van der Waals surface area (Å²) in [4.78, 5) is 15.8. The van der Waals surface area contributed by atoms with E-state index in [-0.39, 0.29) is 5.91 Å². The van der Waals surface area contributed by atoms with Gasteiger partial charge in [0.2, 0.25) is 5.91 Å². The fourth-order valence-corrected chi connectivity index (χ4v) is 2.36. The molecule has 1 N–H and O–H groups in total. The van der Waals surface area contributed by atoms with Crippen molar-refractivity contribution in [1.82, 2.24) is 4.98 Å². The Labute approximate surface area is 117 Å². The van der Waals surface area contributed by atoms with E-state index in [1.807, 2.05) is 42.5 Å². The molecule has 3 aromatic rings. The first-order valence-electron chi connectivity index (χ1n) is 6.46. The van der Waals surface area contributed by atoms with E-state index in [0.29, 0.717) is 0 Å². The number of fused-ring (bicyclic) bond motifs is 1. The third kappa shape index (κ3) is 2.26. The van der Waals surface area contributed by atoms with Crippen molar-refractivity contribution in [2.45, 2.75) is 6.92 Å². The molecule has 0 saturated heterocycles. The lowest BCUT2D eigenvalue weighted by Gasteiger charge is -2.11. The van der Waals surface area contributed by atoms with E-state index in [1.165, 1.54) is 6.92 Å². The van der Waals surface area contributed by atoms with Gasteiger partial charge in [-0.3, -0.25) is 9.78 Å². The van der Waals surface area contributed by atoms with Crippen molar-refractivity contribution in [3.8, 4) is 11.1 Å². The number of hydrogen-bond donors (Lipinski definition) is 1. The number of amides is 1. The molecule has 3 nitrogen and oxygen atoms in total. The summed E-state index contributed by atoms with van der Waals surface area (Å²) < 4.78 is 0. The molecule has 1 amide bonds. The van der Waals surface area contributed by atoms with E-state index in [0.717, 1.165) is 27.7 Å². The highest BCUT2D eigenvalue weighted by Crippen LogP contribution is 2.32. The summed E-state index contributed by atoms with van der Waals surface area (Å²) in [6.07, 6.45) is 1.79. The number of nitrogens with one attached hydrogen (secondary N) is 1. The second-order valence-electron chi connectivity index (χ2n) is 4.61. The molecule has 2 aromatic carbocycles. The molecule has 1 aromatic heterocycles. The van der Waals surface area contributed by atoms with Crippen LogP contribution in [0.5, 0.6) is 0 Å². The number of anilines is 1. The highest BCUT2D eigenvalue weighted by molar-refractivity contribution is 6.07. The fraction of sp³-hybridized carbons (Fsp3) is 0.0588. The monoisotopic (exact) mass is 262 g/mol. The average molecular weight is 262 g/mol. The zero-order chi connectivity index (χ0) is 13.9. The van der Waals surface area contributed by atoms with Crippen LogP contribution in [0, 0.1) is 0 Å². The highest BCUT2D eigenvalue weighted by atomic mass is 16.1. The quantitative estimate of drug-likeness (QED) is 0.762. The van der Waals surface area contributed by atoms with Gasteiger partial charge in [0, 0.05) is 18.5 Å². The molecule has 0 aliphatic heterocycles. The Hall–Kier alpha value is -2.68. The molecule has 3 heteroatoms. The molecular weight excluding hydrogens is 248 g/mol. The predicted molar refractivity (Wildman–Crippen MR) is 81.5 cm³/mol. The van der Waals surface area contributed by atoms with E-state index in [2.05, 4.69) is 22.4 Å². The lowest BCUT2D eigenvalue weighted by atomic mass is 10.00. The predicted octanol–water partition coefficient (Wildman–Crippen LogP) is 3.86. The van der Waals surface area contributed by atoms with Crippen LogP contribution in [0.25, 0.3) is 22.0 Å². The van der Waals surface area contributed by atoms with Crippen molar-refractivity contribution < 1.29 is 4.79 Å². The molecule has 0 aliphatic rings. The van der Waals surface area contributed by atoms with Gasteiger partial charge < -0.3 is 5.32 Å². The number of benzene rings is 2. The third-order valence-electron chi connectivity index (χ3n) is 3.16. The zero-order valence-electron chi connectivity index (χ0n) is 11.1. The minimum atomic E-state index is -0.0830. The van der Waals surface area contributed by atoms with E-state index in [4.69, 9.17) is 0 Å². The number of pyridine rings is 1. The van der Waals surface area contributed by atoms with Gasteiger partial charge in [-0.1, -0.05) is 36.4 Å². The van der Waals surface area contributed by atoms with Crippen LogP contribution in [0.4, 0.5) is 5.69 Å². The Morgan fingerprint density at radius 2 is 1.80 bits per heavy atom. The smallest absolute Gasteiger partial charge is 0.221 e. The zero-order valence-corrected chi connectivity index (χ0v) is 11.1. The van der Waals surface area contributed by atoms with Crippen molar-refractivity contribution >= 4 is 22.5 Å². The maximum atomic E-state index is 11.4. The third-order valence-corrected chi connectivity index (χ3v) is 3.16. The van der Waals surface area contributed by atoms with Crippen molar-refractivity contribution in [1.29, 1.82) is 0 Å². The summed E-state index contributed by atoms with van der Waals surface area (Å²) in [5.74, 6) is -0.0830. The Morgan fingerprint density at radius 1 is 1.00 bits per heavy atom. The van der Waals surface area contributed by atoms with Crippen LogP contribution in [-0.4, -0.2) is 10.9 Å². The normalized spacial score (nSPS) is 10.4. The SMILES string of the molecule is CC(=O)Nc1cccc2nccc(-c3ccccc3)c12. The summed E-state index contributed by atoms with van der Waals surface area (Å²) in [6.45, 7) is 1.51. The number of carbonyl (C=O) groups excluding carboxylic acids is 1. The molecule has 0 unspecified atom stereocenters. The molecule has 0 aliphatic carbocycles. The van der Waals surface area contributed by atoms with Crippen LogP contribution in [0.3, 0.4) is 0 Å². The van der Waals surface area contributed by atoms with Crippen molar-refractivity contribution in [3.05, 3.63) is 60.8 Å². The van der Waals surface area contributed by atoms with Crippen molar-refractivity contribution in [2.24, 2.45) is 0 Å². The number of rotatable bonds is 2. The summed E-state index contributed by atoms with van der Waals surface area (Å²) in [5, 5.41) is 3.85. The molecule has 3 rings (SSSR count). The molecule has 0 spiro atoms. The second-order valence-corrected chi connectivity index (χ2v) is 4.61. The van der Waals surface area contributed by atoms with Gasteiger partial charge in [-0.15, -0.1) is 0 Å². The van der Waals surface area contributed by atoms with Crippen LogP contribution in [0.1, 0.15) is 6.92 Å². The van der Waals surface area contributed by atoms with Crippen LogP contribution in [-0.2, 0) is 4.79 Å². The molecule has 0 saturated carbocycles. The van der Waals surface area contributed by atoms with Crippen molar-refractivity contribution in [2.75, 3.05) is 5.32 Å². The van der Waals surface area contributed by atoms with Gasteiger partial charge in [-0.25, -0.2) is 0 Å². The highest BCUT2D eigenvalue weighted by Gasteiger charge is 2.09. The maximum absolute atomic E-state index is 11.4. The van der Waals surface area contributed by atoms with Gasteiger partial charge >= 0.3 is 0 Å². The number of aromatic nitrogens is 1. The van der Waals surface area contributed by atoms with Crippen molar-refractivity contribution in [3.63, 3.8) is 0 Å². The van der Waals surface area contributed by atoms with E-state index in [9.17, 15) is 4.79 Å². The minimum Gasteiger partial charge on any atom is -0.326 e. The molecule has 0 bridgehead atoms. The molecule has 0 atom stereocenters. The van der Waals surface area contributed by atoms with Crippen LogP contribution in [0.15, 0.2) is 60.8 Å². The van der Waals surface area contributed by atoms with Gasteiger partial charge in [0.15, 0.2) is 0 Å². The van der Waals surface area contributed by atoms with E-state index >= 15 is 0 Å². The van der Waals surface area contributed by atoms with E-state index in [1.54, 1.807) is 6.20 Å². The number of carbonyl (C=O) groups is 1. The molecule has 98 valence electrons. The second kappa shape index (κ2) is 5.13. The Bertz CT molecular complexity index is 761. The number of nitrogens with zero attached hydrogens (tertiary/aromatic N) is 1. The van der Waals surface area contributed by atoms with Crippen LogP contribution >= 0.6 is 0 Å². The minimum absolute atomic E-state index is 0.0830. The summed E-state index contributed by atoms with van der Waals surface area (Å²) in [7, 11) is 0. The number of hydrogen-bond acceptors (Lipinski definition) is 2. The molecular formula is C17H14N2O. The first-order valence-corrected chi connectivity index (χ1v) is 6.46. The topological polar surface area (TPSA) is 42.0 Å². The summed E-state index contributed by atoms with van der Waals surface area (Å²) >= 11 is 0. The standard InChI is InChI=1S/C17H14N2O/c1-12(20)19-16-9-5-8-15-17(16)14(10-11-18-15)13-6-3-2-4-7-13/h2-11H,1H3,(H,19,20). The van der Waals surface area contributed by atoms with Gasteiger partial charge in [0.1, 0.15) is 0 Å². The molecule has 0 fully saturated rings. The van der Waals surface area contributed by atoms with Gasteiger partial charge in [0.25, 0.3) is 0 Å². The largest absolute Gasteiger partial charge is 0.326 e. The molecule has 0 radical (unpaired) electrons. The maximum Gasteiger partial charge on any atom is 0.221 e. The summed E-state index contributed by atoms with van der Waals surface area (Å²) in [6, 6.07) is 17.8. The molecule has 1 heterocycles. The Balaban J connectivity index is 2.29. The van der Waals surface area contributed by atoms with Crippen LogP contribution in [0.2, 0.25) is 0 Å².